The first-order valence-corrected chi connectivity index (χ1v) is 9.67. The van der Waals surface area contributed by atoms with E-state index in [1.807, 2.05) is 0 Å². The number of carbonyl (C=O) groups is 1. The van der Waals surface area contributed by atoms with Crippen LogP contribution in [0.1, 0.15) is 16.7 Å². The molecule has 0 saturated heterocycles. The normalized spacial score (nSPS) is 12.2. The lowest BCUT2D eigenvalue weighted by atomic mass is 9.80. The highest BCUT2D eigenvalue weighted by Gasteiger charge is 2.53. The summed E-state index contributed by atoms with van der Waals surface area (Å²) in [4.78, 5) is 27.7. The Morgan fingerprint density at radius 3 is 2.06 bits per heavy atom. The lowest BCUT2D eigenvalue weighted by Gasteiger charge is -2.38. The molecule has 1 unspecified atom stereocenters. The number of carbonyl (C=O) groups excluding carboxylic acids is 1. The monoisotopic (exact) mass is 458 g/mol. The first-order valence-electron chi connectivity index (χ1n) is 9.67. The largest absolute Gasteiger partial charge is 0.466 e. The highest BCUT2D eigenvalue weighted by molar-refractivity contribution is 5.78. The summed E-state index contributed by atoms with van der Waals surface area (Å²) < 4.78 is 46.4. The van der Waals surface area contributed by atoms with Crippen molar-refractivity contribution < 1.29 is 32.7 Å². The predicted molar refractivity (Wildman–Crippen MR) is 113 cm³/mol. The van der Waals surface area contributed by atoms with Gasteiger partial charge in [-0.15, -0.1) is 0 Å². The molecule has 172 valence electrons. The van der Waals surface area contributed by atoms with Crippen LogP contribution in [0.2, 0.25) is 0 Å². The summed E-state index contributed by atoms with van der Waals surface area (Å²) in [6, 6.07) is 11.7. The van der Waals surface area contributed by atoms with Crippen molar-refractivity contribution in [3.05, 3.63) is 99.2 Å². The average Bonchev–Trinajstić information content (AvgIpc) is 2.81. The van der Waals surface area contributed by atoms with Crippen molar-refractivity contribution in [2.75, 3.05) is 14.2 Å². The average molecular weight is 458 g/mol. The van der Waals surface area contributed by atoms with E-state index in [1.54, 1.807) is 6.92 Å². The number of hydrogen-bond acceptors (Lipinski definition) is 7. The van der Waals surface area contributed by atoms with Crippen LogP contribution in [0.5, 0.6) is 5.88 Å². The van der Waals surface area contributed by atoms with Gasteiger partial charge < -0.3 is 14.2 Å². The van der Waals surface area contributed by atoms with Crippen LogP contribution in [0.25, 0.3) is 0 Å². The third-order valence-corrected chi connectivity index (χ3v) is 5.05. The minimum absolute atomic E-state index is 0.247. The molecule has 1 atom stereocenters. The Balaban J connectivity index is 2.34. The maximum absolute atomic E-state index is 15.1. The van der Waals surface area contributed by atoms with E-state index in [-0.39, 0.29) is 11.1 Å². The summed E-state index contributed by atoms with van der Waals surface area (Å²) in [5, 5.41) is 11.6. The molecule has 0 spiro atoms. The van der Waals surface area contributed by atoms with Gasteiger partial charge in [-0.2, -0.15) is 0 Å². The van der Waals surface area contributed by atoms with E-state index in [0.717, 1.165) is 26.4 Å². The maximum Gasteiger partial charge on any atom is 0.351 e. The van der Waals surface area contributed by atoms with Crippen LogP contribution < -0.4 is 4.74 Å². The molecule has 8 nitrogen and oxygen atoms in total. The third-order valence-electron chi connectivity index (χ3n) is 5.05. The number of pyridine rings is 1. The fraction of sp³-hybridized carbons (Fsp3) is 0.217. The second-order valence-electron chi connectivity index (χ2n) is 7.01. The fourth-order valence-corrected chi connectivity index (χ4v) is 3.56. The van der Waals surface area contributed by atoms with Crippen LogP contribution >= 0.6 is 0 Å². The van der Waals surface area contributed by atoms with Crippen molar-refractivity contribution in [2.45, 2.75) is 18.6 Å². The van der Waals surface area contributed by atoms with E-state index in [9.17, 15) is 14.9 Å². The molecule has 0 bridgehead atoms. The molecule has 33 heavy (non-hydrogen) atoms. The van der Waals surface area contributed by atoms with Gasteiger partial charge in [0.1, 0.15) is 11.6 Å². The number of esters is 1. The number of aryl methyl sites for hydroxylation is 1. The van der Waals surface area contributed by atoms with Crippen molar-refractivity contribution in [3.63, 3.8) is 0 Å². The van der Waals surface area contributed by atoms with Gasteiger partial charge in [0, 0.05) is 30.5 Å². The second-order valence-corrected chi connectivity index (χ2v) is 7.01. The number of rotatable bonds is 8. The van der Waals surface area contributed by atoms with Gasteiger partial charge in [0.25, 0.3) is 5.88 Å². The van der Waals surface area contributed by atoms with Crippen molar-refractivity contribution in [2.24, 2.45) is 0 Å². The zero-order valence-electron chi connectivity index (χ0n) is 18.0. The Kier molecular flexibility index (Phi) is 6.98. The molecule has 3 aromatic rings. The van der Waals surface area contributed by atoms with E-state index in [2.05, 4.69) is 4.98 Å². The smallest absolute Gasteiger partial charge is 0.351 e. The minimum Gasteiger partial charge on any atom is -0.466 e. The van der Waals surface area contributed by atoms with E-state index in [1.165, 1.54) is 48.7 Å². The molecule has 0 aliphatic carbocycles. The lowest BCUT2D eigenvalue weighted by molar-refractivity contribution is -0.386. The topological polar surface area (TPSA) is 101 Å². The first-order chi connectivity index (χ1) is 15.8. The van der Waals surface area contributed by atoms with Crippen LogP contribution in [-0.4, -0.2) is 36.2 Å². The van der Waals surface area contributed by atoms with E-state index in [4.69, 9.17) is 14.2 Å². The van der Waals surface area contributed by atoms with Crippen molar-refractivity contribution >= 4 is 11.7 Å². The van der Waals surface area contributed by atoms with Gasteiger partial charge >= 0.3 is 11.7 Å². The van der Waals surface area contributed by atoms with Crippen LogP contribution in [0.4, 0.5) is 14.5 Å². The molecule has 1 aromatic heterocycles. The number of ether oxygens (including phenoxy) is 3. The van der Waals surface area contributed by atoms with Gasteiger partial charge in [0.2, 0.25) is 6.10 Å². The van der Waals surface area contributed by atoms with Crippen molar-refractivity contribution in [3.8, 4) is 5.88 Å². The molecule has 2 aromatic carbocycles. The molecule has 1 heterocycles. The van der Waals surface area contributed by atoms with Gasteiger partial charge in [-0.1, -0.05) is 36.4 Å². The zero-order valence-corrected chi connectivity index (χ0v) is 18.0. The third kappa shape index (κ3) is 4.37. The Morgan fingerprint density at radius 1 is 1.06 bits per heavy atom. The first kappa shape index (κ1) is 23.7. The number of aromatic nitrogens is 1. The van der Waals surface area contributed by atoms with Gasteiger partial charge in [-0.25, -0.2) is 18.6 Å². The highest BCUT2D eigenvalue weighted by Crippen LogP contribution is 2.42. The number of nitrogens with zero attached hydrogens (tertiary/aromatic N) is 2. The van der Waals surface area contributed by atoms with Crippen LogP contribution in [0.3, 0.4) is 0 Å². The molecule has 10 heteroatoms. The van der Waals surface area contributed by atoms with Crippen molar-refractivity contribution in [1.29, 1.82) is 0 Å². The SMILES string of the molecule is COC(=O)C(Oc1ncc(C)cc1[N+](=O)[O-])C(OC)(c1ccccc1F)c1ccccc1F. The Morgan fingerprint density at radius 2 is 1.61 bits per heavy atom. The molecule has 0 aliphatic heterocycles. The fourth-order valence-electron chi connectivity index (χ4n) is 3.56. The molecule has 0 N–H and O–H groups in total. The number of nitro groups is 1. The predicted octanol–water partition coefficient (Wildman–Crippen LogP) is 4.09. The van der Waals surface area contributed by atoms with Gasteiger partial charge in [-0.05, 0) is 24.6 Å². The van der Waals surface area contributed by atoms with E-state index < -0.39 is 45.8 Å². The summed E-state index contributed by atoms with van der Waals surface area (Å²) in [7, 11) is 2.17. The van der Waals surface area contributed by atoms with E-state index in [0.29, 0.717) is 5.56 Å². The molecule has 0 saturated carbocycles. The Bertz CT molecular complexity index is 1140. The van der Waals surface area contributed by atoms with Crippen LogP contribution in [-0.2, 0) is 19.9 Å². The zero-order chi connectivity index (χ0) is 24.2. The van der Waals surface area contributed by atoms with Gasteiger partial charge in [0.15, 0.2) is 5.60 Å². The van der Waals surface area contributed by atoms with Crippen molar-refractivity contribution in [1.82, 2.24) is 4.98 Å². The summed E-state index contributed by atoms with van der Waals surface area (Å²) in [5.74, 6) is -3.30. The summed E-state index contributed by atoms with van der Waals surface area (Å²) in [6.45, 7) is 1.58. The highest BCUT2D eigenvalue weighted by atomic mass is 19.1. The maximum atomic E-state index is 15.1. The molecular weight excluding hydrogens is 438 g/mol. The lowest BCUT2D eigenvalue weighted by Crippen LogP contribution is -2.52. The number of benzene rings is 2. The molecule has 3 rings (SSSR count). The van der Waals surface area contributed by atoms with Gasteiger partial charge in [0.05, 0.1) is 12.0 Å². The molecule has 0 fully saturated rings. The summed E-state index contributed by atoms with van der Waals surface area (Å²) >= 11 is 0. The van der Waals surface area contributed by atoms with Gasteiger partial charge in [-0.3, -0.25) is 10.1 Å². The van der Waals surface area contributed by atoms with Crippen LogP contribution in [0.15, 0.2) is 60.8 Å². The molecular formula is C23H20F2N2O6. The second kappa shape index (κ2) is 9.70. The van der Waals surface area contributed by atoms with E-state index >= 15 is 8.78 Å². The van der Waals surface area contributed by atoms with Crippen LogP contribution in [0, 0.1) is 28.7 Å². The number of hydrogen-bond donors (Lipinski definition) is 0. The summed E-state index contributed by atoms with van der Waals surface area (Å²) in [6.07, 6.45) is -0.632. The Labute approximate surface area is 187 Å². The minimum atomic E-state index is -2.23. The molecule has 0 amide bonds. The molecule has 0 aliphatic rings. The number of halogens is 2. The summed E-state index contributed by atoms with van der Waals surface area (Å²) in [5.41, 5.74) is -2.81. The quantitative estimate of drug-likeness (QED) is 0.285. The Hall–Kier alpha value is -3.92. The molecule has 0 radical (unpaired) electrons. The number of methoxy groups -OCH3 is 2. The standard InChI is InChI=1S/C23H20F2N2O6/c1-14-12-19(27(29)30)21(26-13-14)33-20(22(28)31-2)23(32-3,15-8-4-6-10-17(15)24)16-9-5-7-11-18(16)25/h4-13,20H,1-3H3.